The van der Waals surface area contributed by atoms with E-state index < -0.39 is 5.97 Å². The number of ether oxygens (including phenoxy) is 1. The van der Waals surface area contributed by atoms with Gasteiger partial charge in [-0.25, -0.2) is 9.80 Å². The average Bonchev–Trinajstić information content (AvgIpc) is 3.46. The Morgan fingerprint density at radius 3 is 2.61 bits per heavy atom. The van der Waals surface area contributed by atoms with Crippen LogP contribution >= 0.6 is 38.6 Å². The molecule has 3 heterocycles. The fourth-order valence-electron chi connectivity index (χ4n) is 2.93. The Labute approximate surface area is 178 Å². The smallest absolute Gasteiger partial charge is 0.339 e. The third-order valence-electron chi connectivity index (χ3n) is 4.26. The Hall–Kier alpha value is -2.29. The first-order valence-electron chi connectivity index (χ1n) is 8.52. The summed E-state index contributed by atoms with van der Waals surface area (Å²) >= 11 is 6.50. The first-order valence-corrected chi connectivity index (χ1v) is 11.1. The molecule has 142 valence electrons. The van der Waals surface area contributed by atoms with Crippen molar-refractivity contribution in [1.82, 2.24) is 5.01 Å². The zero-order valence-electron chi connectivity index (χ0n) is 14.6. The fourth-order valence-corrected chi connectivity index (χ4v) is 4.91. The topological polar surface area (TPSA) is 59.0 Å². The lowest BCUT2D eigenvalue weighted by atomic mass is 10.1. The van der Waals surface area contributed by atoms with Crippen LogP contribution in [0.5, 0.6) is 0 Å². The summed E-state index contributed by atoms with van der Waals surface area (Å²) in [5.74, 6) is -0.888. The van der Waals surface area contributed by atoms with Gasteiger partial charge in [0.2, 0.25) is 0 Å². The summed E-state index contributed by atoms with van der Waals surface area (Å²) in [7, 11) is 0. The van der Waals surface area contributed by atoms with Crippen molar-refractivity contribution in [3.63, 3.8) is 0 Å². The van der Waals surface area contributed by atoms with Gasteiger partial charge in [0, 0.05) is 15.8 Å². The van der Waals surface area contributed by atoms with Crippen molar-refractivity contribution < 1.29 is 14.3 Å². The van der Waals surface area contributed by atoms with E-state index in [0.717, 1.165) is 15.5 Å². The molecular weight excluding hydrogens is 460 g/mol. The third kappa shape index (κ3) is 3.94. The van der Waals surface area contributed by atoms with E-state index in [1.165, 1.54) is 5.01 Å². The van der Waals surface area contributed by atoms with Gasteiger partial charge in [-0.05, 0) is 51.0 Å². The van der Waals surface area contributed by atoms with Crippen molar-refractivity contribution >= 4 is 56.2 Å². The quantitative estimate of drug-likeness (QED) is 0.482. The van der Waals surface area contributed by atoms with E-state index in [0.29, 0.717) is 16.5 Å². The number of rotatable bonds is 5. The van der Waals surface area contributed by atoms with E-state index in [1.54, 1.807) is 40.9 Å². The summed E-state index contributed by atoms with van der Waals surface area (Å²) in [5.41, 5.74) is 1.26. The molecule has 0 radical (unpaired) electrons. The molecule has 1 atom stereocenters. The summed E-state index contributed by atoms with van der Waals surface area (Å²) in [6, 6.07) is 14.7. The second-order valence-electron chi connectivity index (χ2n) is 6.05. The van der Waals surface area contributed by atoms with Gasteiger partial charge in [0.25, 0.3) is 5.91 Å². The van der Waals surface area contributed by atoms with Gasteiger partial charge in [-0.15, -0.1) is 22.7 Å². The maximum absolute atomic E-state index is 12.8. The van der Waals surface area contributed by atoms with Crippen molar-refractivity contribution in [2.75, 3.05) is 6.61 Å². The molecule has 3 aromatic rings. The van der Waals surface area contributed by atoms with Crippen LogP contribution in [-0.2, 0) is 9.53 Å². The Morgan fingerprint density at radius 2 is 1.89 bits per heavy atom. The minimum atomic E-state index is -0.546. The molecule has 1 aliphatic heterocycles. The second-order valence-corrected chi connectivity index (χ2v) is 8.83. The molecule has 1 amide bonds. The van der Waals surface area contributed by atoms with Crippen LogP contribution in [0.15, 0.2) is 68.9 Å². The minimum Gasteiger partial charge on any atom is -0.452 e. The Morgan fingerprint density at radius 1 is 1.11 bits per heavy atom. The van der Waals surface area contributed by atoms with Gasteiger partial charge in [0.15, 0.2) is 6.61 Å². The van der Waals surface area contributed by atoms with Gasteiger partial charge in [-0.2, -0.15) is 5.10 Å². The summed E-state index contributed by atoms with van der Waals surface area (Å²) < 4.78 is 5.88. The predicted octanol–water partition coefficient (Wildman–Crippen LogP) is 5.11. The highest BCUT2D eigenvalue weighted by Crippen LogP contribution is 2.35. The number of amides is 1. The number of benzene rings is 1. The average molecular weight is 475 g/mol. The van der Waals surface area contributed by atoms with Crippen LogP contribution in [0.3, 0.4) is 0 Å². The predicted molar refractivity (Wildman–Crippen MR) is 114 cm³/mol. The summed E-state index contributed by atoms with van der Waals surface area (Å²) in [6.07, 6.45) is 0.644. The SMILES string of the molecule is O=C(OCC(=O)N1N=C(c2cccs2)CC1c1cccs1)c1ccccc1Br. The largest absolute Gasteiger partial charge is 0.452 e. The molecular formula is C20H15BrN2O3S2. The van der Waals surface area contributed by atoms with Gasteiger partial charge < -0.3 is 4.74 Å². The van der Waals surface area contributed by atoms with Gasteiger partial charge in [0.05, 0.1) is 22.2 Å². The van der Waals surface area contributed by atoms with Gasteiger partial charge in [0.1, 0.15) is 0 Å². The van der Waals surface area contributed by atoms with Crippen LogP contribution in [0.1, 0.15) is 32.6 Å². The lowest BCUT2D eigenvalue weighted by molar-refractivity contribution is -0.136. The maximum Gasteiger partial charge on any atom is 0.339 e. The molecule has 8 heteroatoms. The molecule has 0 spiro atoms. The summed E-state index contributed by atoms with van der Waals surface area (Å²) in [6.45, 7) is -0.358. The van der Waals surface area contributed by atoms with Crippen molar-refractivity contribution in [1.29, 1.82) is 0 Å². The molecule has 5 nitrogen and oxygen atoms in total. The molecule has 28 heavy (non-hydrogen) atoms. The van der Waals surface area contributed by atoms with Gasteiger partial charge in [-0.3, -0.25) is 4.79 Å². The molecule has 1 unspecified atom stereocenters. The van der Waals surface area contributed by atoms with Crippen LogP contribution in [-0.4, -0.2) is 29.2 Å². The van der Waals surface area contributed by atoms with Crippen molar-refractivity contribution in [3.8, 4) is 0 Å². The zero-order valence-corrected chi connectivity index (χ0v) is 17.8. The Bertz CT molecular complexity index is 1020. The number of hydrogen-bond acceptors (Lipinski definition) is 6. The normalized spacial score (nSPS) is 16.1. The van der Waals surface area contributed by atoms with E-state index >= 15 is 0 Å². The van der Waals surface area contributed by atoms with E-state index in [2.05, 4.69) is 21.0 Å². The molecule has 2 aromatic heterocycles. The highest BCUT2D eigenvalue weighted by molar-refractivity contribution is 9.10. The zero-order chi connectivity index (χ0) is 19.5. The molecule has 0 aliphatic carbocycles. The summed E-state index contributed by atoms with van der Waals surface area (Å²) in [5, 5.41) is 9.97. The van der Waals surface area contributed by atoms with Crippen LogP contribution in [0.25, 0.3) is 0 Å². The van der Waals surface area contributed by atoms with Crippen molar-refractivity contribution in [3.05, 3.63) is 79.1 Å². The maximum atomic E-state index is 12.8. The molecule has 0 fully saturated rings. The highest BCUT2D eigenvalue weighted by Gasteiger charge is 2.34. The number of halogens is 1. The first-order chi connectivity index (χ1) is 13.6. The lowest BCUT2D eigenvalue weighted by Crippen LogP contribution is -2.31. The third-order valence-corrected chi connectivity index (χ3v) is 6.85. The number of nitrogens with zero attached hydrogens (tertiary/aromatic N) is 2. The monoisotopic (exact) mass is 474 g/mol. The van der Waals surface area contributed by atoms with Crippen molar-refractivity contribution in [2.45, 2.75) is 12.5 Å². The standard InChI is InChI=1S/C20H15BrN2O3S2/c21-14-6-2-1-5-13(14)20(25)26-12-19(24)23-16(18-8-4-10-28-18)11-15(22-23)17-7-3-9-27-17/h1-10,16H,11-12H2. The molecule has 4 rings (SSSR count). The van der Waals surface area contributed by atoms with E-state index in [1.807, 2.05) is 41.1 Å². The van der Waals surface area contributed by atoms with E-state index in [4.69, 9.17) is 4.74 Å². The summed E-state index contributed by atoms with van der Waals surface area (Å²) in [4.78, 5) is 27.2. The molecule has 0 bridgehead atoms. The molecule has 1 aromatic carbocycles. The number of carbonyl (C=O) groups is 2. The number of thiophene rings is 2. The Balaban J connectivity index is 1.50. The van der Waals surface area contributed by atoms with Crippen LogP contribution < -0.4 is 0 Å². The molecule has 0 saturated carbocycles. The van der Waals surface area contributed by atoms with Crippen LogP contribution in [0.2, 0.25) is 0 Å². The lowest BCUT2D eigenvalue weighted by Gasteiger charge is -2.20. The molecule has 0 saturated heterocycles. The van der Waals surface area contributed by atoms with Crippen molar-refractivity contribution in [2.24, 2.45) is 5.10 Å². The molecule has 0 N–H and O–H groups in total. The fraction of sp³-hybridized carbons (Fsp3) is 0.150. The van der Waals surface area contributed by atoms with E-state index in [-0.39, 0.29) is 18.6 Å². The number of hydrazone groups is 1. The first kappa shape index (κ1) is 19.0. The Kier molecular flexibility index (Phi) is 5.70. The van der Waals surface area contributed by atoms with Gasteiger partial charge in [-0.1, -0.05) is 24.3 Å². The highest BCUT2D eigenvalue weighted by atomic mass is 79.9. The molecule has 1 aliphatic rings. The second kappa shape index (κ2) is 8.38. The van der Waals surface area contributed by atoms with Crippen LogP contribution in [0, 0.1) is 0 Å². The number of hydrogen-bond donors (Lipinski definition) is 0. The number of carbonyl (C=O) groups excluding carboxylic acids is 2. The minimum absolute atomic E-state index is 0.174. The number of esters is 1. The van der Waals surface area contributed by atoms with Crippen LogP contribution in [0.4, 0.5) is 0 Å². The van der Waals surface area contributed by atoms with E-state index in [9.17, 15) is 9.59 Å². The van der Waals surface area contributed by atoms with Gasteiger partial charge >= 0.3 is 5.97 Å².